The molecular formula is C10H19N3O2. The number of carbonyl (C=O) groups is 2. The summed E-state index contributed by atoms with van der Waals surface area (Å²) in [7, 11) is 0. The van der Waals surface area contributed by atoms with E-state index in [2.05, 4.69) is 10.9 Å². The number of amides is 2. The van der Waals surface area contributed by atoms with Crippen LogP contribution in [0.25, 0.3) is 0 Å². The van der Waals surface area contributed by atoms with Gasteiger partial charge in [-0.15, -0.1) is 0 Å². The Morgan fingerprint density at radius 2 is 1.87 bits per heavy atom. The van der Waals surface area contributed by atoms with Gasteiger partial charge in [-0.25, -0.2) is 5.43 Å². The third kappa shape index (κ3) is 2.47. The molecular weight excluding hydrogens is 194 g/mol. The number of nitrogens with two attached hydrogens (primary N) is 1. The maximum Gasteiger partial charge on any atom is 0.249 e. The van der Waals surface area contributed by atoms with Gasteiger partial charge in [0, 0.05) is 6.04 Å². The Bertz CT molecular complexity index is 257. The first-order valence-electron chi connectivity index (χ1n) is 5.42. The average molecular weight is 213 g/mol. The summed E-state index contributed by atoms with van der Waals surface area (Å²) in [4.78, 5) is 22.7. The highest BCUT2D eigenvalue weighted by Gasteiger charge is 2.55. The highest BCUT2D eigenvalue weighted by atomic mass is 16.2. The molecule has 4 N–H and O–H groups in total. The van der Waals surface area contributed by atoms with E-state index in [0.29, 0.717) is 12.8 Å². The predicted molar refractivity (Wildman–Crippen MR) is 56.5 cm³/mol. The Hall–Kier alpha value is -1.10. The molecule has 0 aromatic heterocycles. The van der Waals surface area contributed by atoms with Crippen LogP contribution in [-0.4, -0.2) is 17.9 Å². The molecule has 1 saturated carbocycles. The molecule has 2 amide bonds. The summed E-state index contributed by atoms with van der Waals surface area (Å²) >= 11 is 0. The van der Waals surface area contributed by atoms with Gasteiger partial charge in [-0.05, 0) is 25.7 Å². The summed E-state index contributed by atoms with van der Waals surface area (Å²) < 4.78 is 0. The van der Waals surface area contributed by atoms with E-state index in [0.717, 1.165) is 12.8 Å². The number of primary amides is 1. The molecule has 1 fully saturated rings. The monoisotopic (exact) mass is 213 g/mol. The molecule has 0 aromatic carbocycles. The Kier molecular flexibility index (Phi) is 3.68. The Morgan fingerprint density at radius 3 is 2.20 bits per heavy atom. The fraction of sp³-hybridized carbons (Fsp3) is 0.800. The fourth-order valence-corrected chi connectivity index (χ4v) is 1.49. The number of nitrogens with one attached hydrogen (secondary N) is 2. The van der Waals surface area contributed by atoms with E-state index in [1.165, 1.54) is 0 Å². The average Bonchev–Trinajstić information content (AvgIpc) is 2.99. The van der Waals surface area contributed by atoms with Crippen molar-refractivity contribution >= 4 is 11.8 Å². The highest BCUT2D eigenvalue weighted by molar-refractivity contribution is 6.07. The minimum absolute atomic E-state index is 0.248. The van der Waals surface area contributed by atoms with E-state index in [1.54, 1.807) is 0 Å². The second-order valence-electron chi connectivity index (χ2n) is 4.06. The van der Waals surface area contributed by atoms with Gasteiger partial charge in [-0.2, -0.15) is 0 Å². The molecule has 0 bridgehead atoms. The zero-order chi connectivity index (χ0) is 11.5. The number of rotatable bonds is 6. The number of hydrazine groups is 1. The molecule has 15 heavy (non-hydrogen) atoms. The van der Waals surface area contributed by atoms with Crippen molar-refractivity contribution in [2.24, 2.45) is 11.1 Å². The van der Waals surface area contributed by atoms with Crippen LogP contribution in [-0.2, 0) is 9.59 Å². The van der Waals surface area contributed by atoms with Crippen LogP contribution in [0.3, 0.4) is 0 Å². The lowest BCUT2D eigenvalue weighted by molar-refractivity contribution is -0.136. The predicted octanol–water partition coefficient (Wildman–Crippen LogP) is 0.0613. The Morgan fingerprint density at radius 1 is 1.33 bits per heavy atom. The molecule has 1 rings (SSSR count). The summed E-state index contributed by atoms with van der Waals surface area (Å²) in [5, 5.41) is 0. The molecule has 0 spiro atoms. The number of hydrogen-bond donors (Lipinski definition) is 3. The molecule has 5 heteroatoms. The van der Waals surface area contributed by atoms with Gasteiger partial charge in [-0.3, -0.25) is 15.0 Å². The smallest absolute Gasteiger partial charge is 0.249 e. The van der Waals surface area contributed by atoms with Crippen molar-refractivity contribution in [2.45, 2.75) is 45.6 Å². The molecule has 1 aliphatic rings. The second kappa shape index (κ2) is 4.61. The van der Waals surface area contributed by atoms with E-state index in [9.17, 15) is 9.59 Å². The summed E-state index contributed by atoms with van der Waals surface area (Å²) in [5.74, 6) is -0.812. The van der Waals surface area contributed by atoms with Crippen LogP contribution in [0.2, 0.25) is 0 Å². The molecule has 86 valence electrons. The van der Waals surface area contributed by atoms with Crippen molar-refractivity contribution in [1.29, 1.82) is 0 Å². The topological polar surface area (TPSA) is 84.2 Å². The standard InChI is InChI=1S/C10H19N3O2/c1-3-7(4-2)12-13-9(15)10(5-6-10)8(11)14/h7,12H,3-6H2,1-2H3,(H2,11,14)(H,13,15). The van der Waals surface area contributed by atoms with Gasteiger partial charge >= 0.3 is 0 Å². The van der Waals surface area contributed by atoms with E-state index in [4.69, 9.17) is 5.73 Å². The normalized spacial score (nSPS) is 17.5. The molecule has 0 aromatic rings. The maximum absolute atomic E-state index is 11.6. The van der Waals surface area contributed by atoms with Crippen molar-refractivity contribution < 1.29 is 9.59 Å². The Balaban J connectivity index is 2.40. The van der Waals surface area contributed by atoms with E-state index >= 15 is 0 Å². The van der Waals surface area contributed by atoms with Crippen molar-refractivity contribution in [1.82, 2.24) is 10.9 Å². The van der Waals surface area contributed by atoms with Crippen LogP contribution in [0.5, 0.6) is 0 Å². The van der Waals surface area contributed by atoms with E-state index < -0.39 is 11.3 Å². The summed E-state index contributed by atoms with van der Waals surface area (Å²) in [6.07, 6.45) is 3.00. The molecule has 5 nitrogen and oxygen atoms in total. The van der Waals surface area contributed by atoms with E-state index in [1.807, 2.05) is 13.8 Å². The van der Waals surface area contributed by atoms with Gasteiger partial charge in [0.2, 0.25) is 11.8 Å². The maximum atomic E-state index is 11.6. The lowest BCUT2D eigenvalue weighted by atomic mass is 10.1. The zero-order valence-corrected chi connectivity index (χ0v) is 9.30. The molecule has 0 atom stereocenters. The third-order valence-corrected chi connectivity index (χ3v) is 3.03. The van der Waals surface area contributed by atoms with Crippen molar-refractivity contribution in [3.05, 3.63) is 0 Å². The third-order valence-electron chi connectivity index (χ3n) is 3.03. The van der Waals surface area contributed by atoms with Crippen molar-refractivity contribution in [3.63, 3.8) is 0 Å². The van der Waals surface area contributed by atoms with Crippen molar-refractivity contribution in [3.8, 4) is 0 Å². The first-order valence-corrected chi connectivity index (χ1v) is 5.42. The van der Waals surface area contributed by atoms with E-state index in [-0.39, 0.29) is 11.9 Å². The van der Waals surface area contributed by atoms with Crippen LogP contribution in [0, 0.1) is 5.41 Å². The molecule has 0 aliphatic heterocycles. The van der Waals surface area contributed by atoms with Crippen LogP contribution in [0.4, 0.5) is 0 Å². The molecule has 0 unspecified atom stereocenters. The Labute approximate surface area is 89.8 Å². The van der Waals surface area contributed by atoms with Crippen LogP contribution >= 0.6 is 0 Å². The quantitative estimate of drug-likeness (QED) is 0.431. The van der Waals surface area contributed by atoms with Crippen LogP contribution < -0.4 is 16.6 Å². The number of hydrogen-bond acceptors (Lipinski definition) is 3. The summed E-state index contributed by atoms with van der Waals surface area (Å²) in [6, 6.07) is 0.248. The molecule has 0 saturated heterocycles. The largest absolute Gasteiger partial charge is 0.369 e. The first kappa shape index (κ1) is 12.0. The van der Waals surface area contributed by atoms with Crippen LogP contribution in [0.1, 0.15) is 39.5 Å². The van der Waals surface area contributed by atoms with Gasteiger partial charge < -0.3 is 5.73 Å². The summed E-state index contributed by atoms with van der Waals surface area (Å²) in [6.45, 7) is 4.07. The zero-order valence-electron chi connectivity index (χ0n) is 9.30. The van der Waals surface area contributed by atoms with Crippen molar-refractivity contribution in [2.75, 3.05) is 0 Å². The van der Waals surface area contributed by atoms with Crippen LogP contribution in [0.15, 0.2) is 0 Å². The van der Waals surface area contributed by atoms with Gasteiger partial charge in [0.15, 0.2) is 0 Å². The minimum atomic E-state index is -0.932. The molecule has 1 aliphatic carbocycles. The minimum Gasteiger partial charge on any atom is -0.369 e. The molecule has 0 radical (unpaired) electrons. The van der Waals surface area contributed by atoms with Gasteiger partial charge in [0.05, 0.1) is 0 Å². The first-order chi connectivity index (χ1) is 7.06. The lowest BCUT2D eigenvalue weighted by Gasteiger charge is -2.18. The highest BCUT2D eigenvalue weighted by Crippen LogP contribution is 2.45. The second-order valence-corrected chi connectivity index (χ2v) is 4.06. The van der Waals surface area contributed by atoms with Gasteiger partial charge in [0.1, 0.15) is 5.41 Å². The molecule has 0 heterocycles. The lowest BCUT2D eigenvalue weighted by Crippen LogP contribution is -2.50. The number of carbonyl (C=O) groups excluding carboxylic acids is 2. The summed E-state index contributed by atoms with van der Waals surface area (Å²) in [5.41, 5.74) is 9.74. The van der Waals surface area contributed by atoms with Gasteiger partial charge in [-0.1, -0.05) is 13.8 Å². The SMILES string of the molecule is CCC(CC)NNC(=O)C1(C(N)=O)CC1. The van der Waals surface area contributed by atoms with Gasteiger partial charge in [0.25, 0.3) is 0 Å². The fourth-order valence-electron chi connectivity index (χ4n) is 1.49.